The van der Waals surface area contributed by atoms with Crippen LogP contribution in [0.2, 0.25) is 0 Å². The van der Waals surface area contributed by atoms with E-state index in [2.05, 4.69) is 0 Å². The van der Waals surface area contributed by atoms with E-state index in [1.165, 1.54) is 0 Å². The lowest BCUT2D eigenvalue weighted by atomic mass is 9.88. The monoisotopic (exact) mass is 270 g/mol. The number of likely N-dealkylation sites (tertiary alicyclic amines) is 1. The summed E-state index contributed by atoms with van der Waals surface area (Å²) in [4.78, 5) is 13.7. The maximum absolute atomic E-state index is 12.0. The lowest BCUT2D eigenvalue weighted by molar-refractivity contribution is 0.000311. The molecule has 5 nitrogen and oxygen atoms in total. The summed E-state index contributed by atoms with van der Waals surface area (Å²) in [5, 5.41) is 0. The molecule has 0 spiro atoms. The molecule has 110 valence electrons. The van der Waals surface area contributed by atoms with Crippen molar-refractivity contribution in [1.29, 1.82) is 0 Å². The van der Waals surface area contributed by atoms with Gasteiger partial charge in [0.05, 0.1) is 6.10 Å². The third kappa shape index (κ3) is 3.83. The van der Waals surface area contributed by atoms with Crippen LogP contribution in [0.25, 0.3) is 0 Å². The standard InChI is InChI=1S/C14H26N2O3/c1-14(2,3)19-13(17)16-7-4-10(5-8-16)12-11(15)6-9-18-12/h10-12H,4-9,15H2,1-3H3/t11-,12+/m1/s1. The summed E-state index contributed by atoms with van der Waals surface area (Å²) in [6, 6.07) is 0.165. The molecule has 2 saturated heterocycles. The summed E-state index contributed by atoms with van der Waals surface area (Å²) >= 11 is 0. The number of rotatable bonds is 1. The highest BCUT2D eigenvalue weighted by molar-refractivity contribution is 5.68. The van der Waals surface area contributed by atoms with Crippen LogP contribution in [0, 0.1) is 5.92 Å². The van der Waals surface area contributed by atoms with E-state index in [0.29, 0.717) is 5.92 Å². The fraction of sp³-hybridized carbons (Fsp3) is 0.929. The Morgan fingerprint density at radius 3 is 2.37 bits per heavy atom. The van der Waals surface area contributed by atoms with Gasteiger partial charge in [-0.1, -0.05) is 0 Å². The van der Waals surface area contributed by atoms with Crippen LogP contribution >= 0.6 is 0 Å². The number of nitrogens with zero attached hydrogens (tertiary/aromatic N) is 1. The summed E-state index contributed by atoms with van der Waals surface area (Å²) < 4.78 is 11.1. The predicted octanol–water partition coefficient (Wildman–Crippen LogP) is 1.75. The van der Waals surface area contributed by atoms with Crippen LogP contribution < -0.4 is 5.73 Å². The zero-order chi connectivity index (χ0) is 14.0. The SMILES string of the molecule is CC(C)(C)OC(=O)N1CCC([C@@H]2OCC[C@H]2N)CC1. The van der Waals surface area contributed by atoms with Gasteiger partial charge in [-0.2, -0.15) is 0 Å². The lowest BCUT2D eigenvalue weighted by Gasteiger charge is -2.36. The smallest absolute Gasteiger partial charge is 0.410 e. The van der Waals surface area contributed by atoms with E-state index in [1.807, 2.05) is 20.8 Å². The third-order valence-corrected chi connectivity index (χ3v) is 3.84. The van der Waals surface area contributed by atoms with Gasteiger partial charge in [0.1, 0.15) is 5.60 Å². The molecule has 2 fully saturated rings. The van der Waals surface area contributed by atoms with Gasteiger partial charge in [-0.25, -0.2) is 4.79 Å². The molecule has 5 heteroatoms. The van der Waals surface area contributed by atoms with E-state index < -0.39 is 5.60 Å². The molecular weight excluding hydrogens is 244 g/mol. The van der Waals surface area contributed by atoms with Crippen LogP contribution in [0.3, 0.4) is 0 Å². The molecule has 0 saturated carbocycles. The minimum Gasteiger partial charge on any atom is -0.444 e. The summed E-state index contributed by atoms with van der Waals surface area (Å²) in [5.74, 6) is 0.483. The predicted molar refractivity (Wildman–Crippen MR) is 72.9 cm³/mol. The van der Waals surface area contributed by atoms with Crippen molar-refractivity contribution in [3.05, 3.63) is 0 Å². The first-order valence-electron chi connectivity index (χ1n) is 7.22. The second-order valence-corrected chi connectivity index (χ2v) is 6.59. The van der Waals surface area contributed by atoms with Crippen molar-refractivity contribution in [1.82, 2.24) is 4.90 Å². The third-order valence-electron chi connectivity index (χ3n) is 3.84. The minimum absolute atomic E-state index is 0.165. The summed E-state index contributed by atoms with van der Waals surface area (Å²) in [5.41, 5.74) is 5.63. The molecule has 0 aromatic carbocycles. The number of hydrogen-bond donors (Lipinski definition) is 1. The number of carbonyl (C=O) groups is 1. The molecule has 2 atom stereocenters. The van der Waals surface area contributed by atoms with Crippen molar-refractivity contribution in [3.8, 4) is 0 Å². The van der Waals surface area contributed by atoms with Crippen LogP contribution in [0.15, 0.2) is 0 Å². The van der Waals surface area contributed by atoms with Gasteiger partial charge in [0.25, 0.3) is 0 Å². The zero-order valence-electron chi connectivity index (χ0n) is 12.2. The number of carbonyl (C=O) groups excluding carboxylic acids is 1. The van der Waals surface area contributed by atoms with E-state index in [4.69, 9.17) is 15.2 Å². The van der Waals surface area contributed by atoms with E-state index in [1.54, 1.807) is 4.90 Å². The number of hydrogen-bond acceptors (Lipinski definition) is 4. The normalized spacial score (nSPS) is 29.6. The largest absolute Gasteiger partial charge is 0.444 e. The average molecular weight is 270 g/mol. The summed E-state index contributed by atoms with van der Waals surface area (Å²) in [7, 11) is 0. The molecule has 2 aliphatic heterocycles. The van der Waals surface area contributed by atoms with E-state index >= 15 is 0 Å². The highest BCUT2D eigenvalue weighted by atomic mass is 16.6. The Balaban J connectivity index is 1.80. The molecule has 0 aliphatic carbocycles. The molecule has 2 N–H and O–H groups in total. The Labute approximate surface area is 115 Å². The quantitative estimate of drug-likeness (QED) is 0.788. The Bertz CT molecular complexity index is 319. The van der Waals surface area contributed by atoms with Crippen LogP contribution in [0.5, 0.6) is 0 Å². The van der Waals surface area contributed by atoms with Crippen LogP contribution in [-0.4, -0.2) is 48.4 Å². The number of ether oxygens (including phenoxy) is 2. The fourth-order valence-corrected chi connectivity index (χ4v) is 2.85. The second-order valence-electron chi connectivity index (χ2n) is 6.59. The number of piperidine rings is 1. The van der Waals surface area contributed by atoms with Gasteiger partial charge in [-0.3, -0.25) is 0 Å². The Kier molecular flexibility index (Phi) is 4.36. The van der Waals surface area contributed by atoms with Gasteiger partial charge in [0.2, 0.25) is 0 Å². The van der Waals surface area contributed by atoms with Gasteiger partial charge in [-0.15, -0.1) is 0 Å². The first-order valence-corrected chi connectivity index (χ1v) is 7.22. The lowest BCUT2D eigenvalue weighted by Crippen LogP contribution is -2.46. The molecule has 0 aromatic rings. The van der Waals surface area contributed by atoms with Crippen molar-refractivity contribution >= 4 is 6.09 Å². The minimum atomic E-state index is -0.426. The fourth-order valence-electron chi connectivity index (χ4n) is 2.85. The first kappa shape index (κ1) is 14.6. The Hall–Kier alpha value is -0.810. The van der Waals surface area contributed by atoms with Crippen molar-refractivity contribution < 1.29 is 14.3 Å². The maximum Gasteiger partial charge on any atom is 0.410 e. The summed E-state index contributed by atoms with van der Waals surface area (Å²) in [6.45, 7) is 7.94. The topological polar surface area (TPSA) is 64.8 Å². The average Bonchev–Trinajstić information content (AvgIpc) is 2.73. The molecule has 2 aliphatic rings. The molecule has 2 heterocycles. The molecule has 0 radical (unpaired) electrons. The molecule has 19 heavy (non-hydrogen) atoms. The van der Waals surface area contributed by atoms with Crippen LogP contribution in [0.4, 0.5) is 4.79 Å². The van der Waals surface area contributed by atoms with Gasteiger partial charge in [0.15, 0.2) is 0 Å². The Morgan fingerprint density at radius 2 is 1.89 bits per heavy atom. The van der Waals surface area contributed by atoms with Crippen LogP contribution in [0.1, 0.15) is 40.0 Å². The van der Waals surface area contributed by atoms with E-state index in [0.717, 1.165) is 39.0 Å². The molecule has 0 bridgehead atoms. The summed E-state index contributed by atoms with van der Waals surface area (Å²) in [6.07, 6.45) is 2.84. The van der Waals surface area contributed by atoms with E-state index in [-0.39, 0.29) is 18.2 Å². The molecule has 2 rings (SSSR count). The van der Waals surface area contributed by atoms with Crippen molar-refractivity contribution in [3.63, 3.8) is 0 Å². The highest BCUT2D eigenvalue weighted by Crippen LogP contribution is 2.28. The van der Waals surface area contributed by atoms with Crippen LogP contribution in [-0.2, 0) is 9.47 Å². The Morgan fingerprint density at radius 1 is 1.26 bits per heavy atom. The van der Waals surface area contributed by atoms with Gasteiger partial charge < -0.3 is 20.1 Å². The maximum atomic E-state index is 12.0. The van der Waals surface area contributed by atoms with Gasteiger partial charge in [-0.05, 0) is 46.0 Å². The van der Waals surface area contributed by atoms with Gasteiger partial charge in [0, 0.05) is 25.7 Å². The molecule has 0 aromatic heterocycles. The number of amides is 1. The first-order chi connectivity index (χ1) is 8.87. The van der Waals surface area contributed by atoms with Crippen molar-refractivity contribution in [2.24, 2.45) is 11.7 Å². The zero-order valence-corrected chi connectivity index (χ0v) is 12.2. The molecule has 0 unspecified atom stereocenters. The van der Waals surface area contributed by atoms with Crippen molar-refractivity contribution in [2.75, 3.05) is 19.7 Å². The van der Waals surface area contributed by atoms with Crippen molar-refractivity contribution in [2.45, 2.75) is 57.8 Å². The van der Waals surface area contributed by atoms with Gasteiger partial charge >= 0.3 is 6.09 Å². The molecular formula is C14H26N2O3. The van der Waals surface area contributed by atoms with E-state index in [9.17, 15) is 4.79 Å². The molecule has 1 amide bonds. The second kappa shape index (κ2) is 5.67. The highest BCUT2D eigenvalue weighted by Gasteiger charge is 2.36. The number of nitrogens with two attached hydrogens (primary N) is 1.